The second kappa shape index (κ2) is 8.73. The van der Waals surface area contributed by atoms with Crippen LogP contribution in [0.3, 0.4) is 0 Å². The lowest BCUT2D eigenvalue weighted by molar-refractivity contribution is -0.136. The summed E-state index contributed by atoms with van der Waals surface area (Å²) >= 11 is 6.03. The highest BCUT2D eigenvalue weighted by molar-refractivity contribution is 6.31. The van der Waals surface area contributed by atoms with Gasteiger partial charge in [-0.1, -0.05) is 11.6 Å². The maximum Gasteiger partial charge on any atom is 0.311 e. The number of benzene rings is 1. The van der Waals surface area contributed by atoms with Crippen molar-refractivity contribution >= 4 is 29.2 Å². The predicted octanol–water partition coefficient (Wildman–Crippen LogP) is 3.53. The Morgan fingerprint density at radius 1 is 1.38 bits per heavy atom. The summed E-state index contributed by atoms with van der Waals surface area (Å²) in [5, 5.41) is 12.1. The molecule has 1 heterocycles. The first kappa shape index (κ1) is 19.8. The van der Waals surface area contributed by atoms with Crippen molar-refractivity contribution < 1.29 is 28.6 Å². The number of anilines is 1. The molecule has 1 aromatic heterocycles. The highest BCUT2D eigenvalue weighted by atomic mass is 35.5. The third-order valence-electron chi connectivity index (χ3n) is 3.51. The molecule has 2 N–H and O–H groups in total. The van der Waals surface area contributed by atoms with Crippen LogP contribution in [0.5, 0.6) is 5.75 Å². The zero-order valence-corrected chi connectivity index (χ0v) is 15.4. The minimum absolute atomic E-state index is 0.0877. The third-order valence-corrected chi connectivity index (χ3v) is 3.74. The summed E-state index contributed by atoms with van der Waals surface area (Å²) in [6, 6.07) is 4.84. The fraction of sp³-hybridized carbons (Fsp3) is 0.333. The van der Waals surface area contributed by atoms with Crippen molar-refractivity contribution in [1.82, 2.24) is 0 Å². The molecule has 1 unspecified atom stereocenters. The molecule has 0 saturated carbocycles. The molecule has 0 spiro atoms. The number of rotatable bonds is 8. The number of hydrogen-bond donors (Lipinski definition) is 2. The van der Waals surface area contributed by atoms with E-state index in [0.29, 0.717) is 28.6 Å². The molecule has 0 radical (unpaired) electrons. The van der Waals surface area contributed by atoms with Crippen LogP contribution in [0.2, 0.25) is 5.02 Å². The van der Waals surface area contributed by atoms with Crippen LogP contribution < -0.4 is 10.1 Å². The van der Waals surface area contributed by atoms with Gasteiger partial charge in [0.15, 0.2) is 0 Å². The molecule has 0 aliphatic heterocycles. The van der Waals surface area contributed by atoms with Gasteiger partial charge in [-0.05, 0) is 32.0 Å². The van der Waals surface area contributed by atoms with Gasteiger partial charge in [0.05, 0.1) is 24.1 Å². The molecule has 2 rings (SSSR count). The number of ether oxygens (including phenoxy) is 2. The highest BCUT2D eigenvalue weighted by Gasteiger charge is 2.22. The summed E-state index contributed by atoms with van der Waals surface area (Å²) in [4.78, 5) is 23.6. The molecular formula is C18H20ClNO6. The first-order valence-electron chi connectivity index (χ1n) is 7.87. The number of carboxylic acid groups (broad SMARTS) is 1. The molecule has 0 fully saturated rings. The van der Waals surface area contributed by atoms with Gasteiger partial charge >= 0.3 is 5.97 Å². The van der Waals surface area contributed by atoms with Gasteiger partial charge in [0.25, 0.3) is 5.91 Å². The topological polar surface area (TPSA) is 98.0 Å². The number of halogens is 1. The number of amides is 1. The van der Waals surface area contributed by atoms with Gasteiger partial charge in [-0.25, -0.2) is 0 Å². The highest BCUT2D eigenvalue weighted by Crippen LogP contribution is 2.30. The second-order valence-electron chi connectivity index (χ2n) is 5.77. The zero-order chi connectivity index (χ0) is 19.3. The Bertz CT molecular complexity index is 801. The zero-order valence-electron chi connectivity index (χ0n) is 14.7. The average molecular weight is 382 g/mol. The van der Waals surface area contributed by atoms with E-state index in [-0.39, 0.29) is 23.8 Å². The first-order chi connectivity index (χ1) is 12.3. The monoisotopic (exact) mass is 381 g/mol. The smallest absolute Gasteiger partial charge is 0.311 e. The summed E-state index contributed by atoms with van der Waals surface area (Å²) in [5.74, 6) is -1.08. The van der Waals surface area contributed by atoms with Crippen molar-refractivity contribution in [2.24, 2.45) is 0 Å². The van der Waals surface area contributed by atoms with Gasteiger partial charge in [0, 0.05) is 17.7 Å². The standard InChI is InChI=1S/C18H20ClNO6/c1-10-8-25-15(7-16(21)22)17(10)18(23)20-13-6-12(19)4-5-14(13)26-11(2)9-24-3/h4-6,8,11H,7,9H2,1-3H3,(H,20,23)(H,21,22). The van der Waals surface area contributed by atoms with Crippen LogP contribution in [0, 0.1) is 6.92 Å². The van der Waals surface area contributed by atoms with Crippen LogP contribution in [-0.2, 0) is 16.0 Å². The summed E-state index contributed by atoms with van der Waals surface area (Å²) in [5.41, 5.74) is 1.09. The maximum atomic E-state index is 12.7. The minimum Gasteiger partial charge on any atom is -0.486 e. The van der Waals surface area contributed by atoms with Crippen molar-refractivity contribution in [3.8, 4) is 5.75 Å². The Morgan fingerprint density at radius 2 is 2.12 bits per heavy atom. The van der Waals surface area contributed by atoms with Crippen LogP contribution in [0.15, 0.2) is 28.9 Å². The van der Waals surface area contributed by atoms with Gasteiger partial charge in [-0.3, -0.25) is 9.59 Å². The lowest BCUT2D eigenvalue weighted by Crippen LogP contribution is -2.20. The number of carbonyl (C=O) groups is 2. The molecule has 8 heteroatoms. The summed E-state index contributed by atoms with van der Waals surface area (Å²) in [6.45, 7) is 3.87. The molecule has 2 aromatic rings. The van der Waals surface area contributed by atoms with Gasteiger partial charge in [0.2, 0.25) is 0 Å². The van der Waals surface area contributed by atoms with Crippen molar-refractivity contribution in [2.45, 2.75) is 26.4 Å². The molecule has 0 aliphatic rings. The average Bonchev–Trinajstić information content (AvgIpc) is 2.90. The summed E-state index contributed by atoms with van der Waals surface area (Å²) in [7, 11) is 1.57. The molecule has 0 saturated heterocycles. The Balaban J connectivity index is 2.28. The number of carboxylic acids is 1. The van der Waals surface area contributed by atoms with E-state index in [1.54, 1.807) is 32.2 Å². The van der Waals surface area contributed by atoms with Crippen molar-refractivity contribution in [1.29, 1.82) is 0 Å². The van der Waals surface area contributed by atoms with E-state index in [1.807, 2.05) is 6.92 Å². The lowest BCUT2D eigenvalue weighted by Gasteiger charge is -2.17. The van der Waals surface area contributed by atoms with E-state index in [4.69, 9.17) is 30.6 Å². The van der Waals surface area contributed by atoms with E-state index < -0.39 is 11.9 Å². The van der Waals surface area contributed by atoms with Crippen molar-refractivity contribution in [2.75, 3.05) is 19.0 Å². The fourth-order valence-electron chi connectivity index (χ4n) is 2.44. The molecule has 26 heavy (non-hydrogen) atoms. The van der Waals surface area contributed by atoms with Gasteiger partial charge in [0.1, 0.15) is 24.0 Å². The van der Waals surface area contributed by atoms with E-state index in [1.165, 1.54) is 6.26 Å². The quantitative estimate of drug-likeness (QED) is 0.725. The number of carbonyl (C=O) groups excluding carboxylic acids is 1. The largest absolute Gasteiger partial charge is 0.486 e. The number of furan rings is 1. The van der Waals surface area contributed by atoms with E-state index >= 15 is 0 Å². The number of methoxy groups -OCH3 is 1. The SMILES string of the molecule is COCC(C)Oc1ccc(Cl)cc1NC(=O)c1c(C)coc1CC(=O)O. The maximum absolute atomic E-state index is 12.7. The molecule has 7 nitrogen and oxygen atoms in total. The van der Waals surface area contributed by atoms with Crippen LogP contribution >= 0.6 is 11.6 Å². The van der Waals surface area contributed by atoms with E-state index in [9.17, 15) is 9.59 Å². The van der Waals surface area contributed by atoms with Crippen LogP contribution in [0.1, 0.15) is 28.6 Å². The number of nitrogens with one attached hydrogen (secondary N) is 1. The third kappa shape index (κ3) is 5.00. The number of hydrogen-bond acceptors (Lipinski definition) is 5. The second-order valence-corrected chi connectivity index (χ2v) is 6.20. The molecule has 1 atom stereocenters. The van der Waals surface area contributed by atoms with Crippen molar-refractivity contribution in [3.63, 3.8) is 0 Å². The van der Waals surface area contributed by atoms with Crippen LogP contribution in [0.4, 0.5) is 5.69 Å². The van der Waals surface area contributed by atoms with Crippen LogP contribution in [-0.4, -0.2) is 36.8 Å². The van der Waals surface area contributed by atoms with Gasteiger partial charge < -0.3 is 24.3 Å². The molecule has 0 bridgehead atoms. The Kier molecular flexibility index (Phi) is 6.65. The van der Waals surface area contributed by atoms with E-state index in [2.05, 4.69) is 5.32 Å². The summed E-state index contributed by atoms with van der Waals surface area (Å²) in [6.07, 6.45) is 0.721. The van der Waals surface area contributed by atoms with E-state index in [0.717, 1.165) is 0 Å². The predicted molar refractivity (Wildman–Crippen MR) is 96.2 cm³/mol. The first-order valence-corrected chi connectivity index (χ1v) is 8.24. The molecule has 140 valence electrons. The summed E-state index contributed by atoms with van der Waals surface area (Å²) < 4.78 is 16.0. The number of aliphatic carboxylic acids is 1. The number of aryl methyl sites for hydroxylation is 1. The van der Waals surface area contributed by atoms with Gasteiger partial charge in [-0.15, -0.1) is 0 Å². The lowest BCUT2D eigenvalue weighted by atomic mass is 10.1. The van der Waals surface area contributed by atoms with Crippen molar-refractivity contribution in [3.05, 3.63) is 46.4 Å². The normalized spacial score (nSPS) is 11.8. The van der Waals surface area contributed by atoms with Gasteiger partial charge in [-0.2, -0.15) is 0 Å². The fourth-order valence-corrected chi connectivity index (χ4v) is 2.62. The molecule has 1 aromatic carbocycles. The Labute approximate surface area is 155 Å². The Hall–Kier alpha value is -2.51. The minimum atomic E-state index is -1.09. The molecule has 0 aliphatic carbocycles. The Morgan fingerprint density at radius 3 is 2.77 bits per heavy atom. The molecule has 1 amide bonds. The molecular weight excluding hydrogens is 362 g/mol. The van der Waals surface area contributed by atoms with Crippen LogP contribution in [0.25, 0.3) is 0 Å².